The third kappa shape index (κ3) is 6.12. The van der Waals surface area contributed by atoms with Crippen molar-refractivity contribution < 1.29 is 14.0 Å². The molecule has 2 aliphatic rings. The number of carbonyl (C=O) groups is 2. The highest BCUT2D eigenvalue weighted by molar-refractivity contribution is 6.10. The highest BCUT2D eigenvalue weighted by Gasteiger charge is 2.22. The van der Waals surface area contributed by atoms with Crippen LogP contribution in [0.2, 0.25) is 0 Å². The number of aryl methyl sites for hydroxylation is 1. The standard InChI is InChI=1S/C25H25FN8O2/c1-15-5-21(12-30-11-15)34(13-19-7-17(9-27)22(26)6-16(19)2)25(36)33-24(31-14-35)32-20-3-4-23(29)18(8-20)10-28/h3-8,10,12,14,29-30H,11,13,28H2,1-2H3,(H2,31,32,33,35,36)/b18-10-,29-23?. The number of aliphatic imine (C=N–C) groups is 1. The van der Waals surface area contributed by atoms with Crippen LogP contribution in [-0.4, -0.2) is 35.6 Å². The summed E-state index contributed by atoms with van der Waals surface area (Å²) in [5, 5.41) is 25.4. The number of allylic oxidation sites excluding steroid dienone is 5. The van der Waals surface area contributed by atoms with Gasteiger partial charge in [-0.25, -0.2) is 9.18 Å². The first kappa shape index (κ1) is 25.6. The van der Waals surface area contributed by atoms with E-state index in [9.17, 15) is 19.2 Å². The zero-order chi connectivity index (χ0) is 26.2. The molecule has 0 atom stereocenters. The van der Waals surface area contributed by atoms with Crippen molar-refractivity contribution in [3.05, 3.63) is 93.9 Å². The molecule has 10 nitrogen and oxygen atoms in total. The van der Waals surface area contributed by atoms with Crippen molar-refractivity contribution in [3.63, 3.8) is 0 Å². The van der Waals surface area contributed by atoms with Crippen LogP contribution in [-0.2, 0) is 11.3 Å². The van der Waals surface area contributed by atoms with Gasteiger partial charge in [0.1, 0.15) is 11.9 Å². The maximum absolute atomic E-state index is 14.0. The van der Waals surface area contributed by atoms with Crippen molar-refractivity contribution in [2.45, 2.75) is 20.4 Å². The first-order valence-corrected chi connectivity index (χ1v) is 10.8. The van der Waals surface area contributed by atoms with Crippen LogP contribution in [0.5, 0.6) is 0 Å². The topological polar surface area (TPSA) is 159 Å². The number of amides is 3. The van der Waals surface area contributed by atoms with Gasteiger partial charge in [0, 0.05) is 30.2 Å². The monoisotopic (exact) mass is 488 g/mol. The predicted molar refractivity (Wildman–Crippen MR) is 134 cm³/mol. The van der Waals surface area contributed by atoms with Crippen molar-refractivity contribution in [1.29, 1.82) is 10.7 Å². The normalized spacial score (nSPS) is 16.3. The lowest BCUT2D eigenvalue weighted by Gasteiger charge is -2.26. The van der Waals surface area contributed by atoms with Crippen LogP contribution in [0.4, 0.5) is 9.18 Å². The van der Waals surface area contributed by atoms with Gasteiger partial charge in [0.25, 0.3) is 0 Å². The van der Waals surface area contributed by atoms with Crippen LogP contribution in [0.1, 0.15) is 23.6 Å². The molecule has 0 fully saturated rings. The maximum Gasteiger partial charge on any atom is 0.351 e. The Kier molecular flexibility index (Phi) is 8.14. The van der Waals surface area contributed by atoms with E-state index in [4.69, 9.17) is 11.1 Å². The molecule has 1 aliphatic heterocycles. The van der Waals surface area contributed by atoms with Crippen LogP contribution in [0.25, 0.3) is 0 Å². The van der Waals surface area contributed by atoms with Gasteiger partial charge in [-0.15, -0.1) is 0 Å². The first-order valence-electron chi connectivity index (χ1n) is 10.8. The third-order valence-corrected chi connectivity index (χ3v) is 5.34. The number of urea groups is 1. The zero-order valence-electron chi connectivity index (χ0n) is 19.7. The van der Waals surface area contributed by atoms with Crippen molar-refractivity contribution in [1.82, 2.24) is 20.9 Å². The van der Waals surface area contributed by atoms with E-state index in [-0.39, 0.29) is 23.8 Å². The zero-order valence-corrected chi connectivity index (χ0v) is 19.7. The van der Waals surface area contributed by atoms with Gasteiger partial charge in [0.15, 0.2) is 0 Å². The number of hydrogen-bond acceptors (Lipinski definition) is 6. The summed E-state index contributed by atoms with van der Waals surface area (Å²) >= 11 is 0. The van der Waals surface area contributed by atoms with Crippen LogP contribution in [0, 0.1) is 29.5 Å². The van der Waals surface area contributed by atoms with Gasteiger partial charge < -0.3 is 21.8 Å². The fraction of sp³-hybridized carbons (Fsp3) is 0.160. The van der Waals surface area contributed by atoms with E-state index in [0.717, 1.165) is 5.57 Å². The second-order valence-electron chi connectivity index (χ2n) is 8.00. The highest BCUT2D eigenvalue weighted by Crippen LogP contribution is 2.22. The summed E-state index contributed by atoms with van der Waals surface area (Å²) in [6.07, 6.45) is 9.74. The molecule has 1 aromatic rings. The average molecular weight is 489 g/mol. The van der Waals surface area contributed by atoms with E-state index in [2.05, 4.69) is 20.9 Å². The number of benzene rings is 1. The van der Waals surface area contributed by atoms with Crippen molar-refractivity contribution in [2.75, 3.05) is 6.54 Å². The molecule has 6 N–H and O–H groups in total. The van der Waals surface area contributed by atoms with Gasteiger partial charge in [-0.3, -0.25) is 15.0 Å². The SMILES string of the molecule is CC1=CC(N(Cc2cc(C#N)c(F)cc2C)C(=O)/N=C(\NC=O)NC2=C/C(=C/N)C(=N)C=C2)=CNC1. The Hall–Kier alpha value is -4.98. The molecular weight excluding hydrogens is 463 g/mol. The molecule has 0 saturated carbocycles. The molecule has 0 radical (unpaired) electrons. The summed E-state index contributed by atoms with van der Waals surface area (Å²) < 4.78 is 14.0. The number of guanidine groups is 1. The first-order chi connectivity index (χ1) is 17.2. The van der Waals surface area contributed by atoms with Crippen molar-refractivity contribution in [2.24, 2.45) is 10.7 Å². The molecule has 0 aromatic heterocycles. The number of nitrogens with zero attached hydrogens (tertiary/aromatic N) is 3. The summed E-state index contributed by atoms with van der Waals surface area (Å²) in [5.41, 5.74) is 9.08. The minimum atomic E-state index is -0.726. The minimum absolute atomic E-state index is 0.00535. The Morgan fingerprint density at radius 2 is 2.14 bits per heavy atom. The van der Waals surface area contributed by atoms with Gasteiger partial charge >= 0.3 is 6.03 Å². The van der Waals surface area contributed by atoms with E-state index in [1.807, 2.05) is 19.1 Å². The molecule has 184 valence electrons. The van der Waals surface area contributed by atoms with Crippen LogP contribution >= 0.6 is 0 Å². The molecule has 0 unspecified atom stereocenters. The molecule has 1 aliphatic carbocycles. The number of nitrogens with two attached hydrogens (primary N) is 1. The van der Waals surface area contributed by atoms with Crippen LogP contribution in [0.15, 0.2) is 76.4 Å². The number of nitrogens with one attached hydrogen (secondary N) is 4. The van der Waals surface area contributed by atoms with E-state index in [1.54, 1.807) is 25.3 Å². The highest BCUT2D eigenvalue weighted by atomic mass is 19.1. The fourth-order valence-corrected chi connectivity index (χ4v) is 3.45. The van der Waals surface area contributed by atoms with Gasteiger partial charge in [-0.2, -0.15) is 10.3 Å². The third-order valence-electron chi connectivity index (χ3n) is 5.34. The molecular formula is C25H25FN8O2. The Morgan fingerprint density at radius 1 is 1.36 bits per heavy atom. The number of rotatable bonds is 5. The molecule has 1 heterocycles. The largest absolute Gasteiger partial charge is 0.404 e. The van der Waals surface area contributed by atoms with E-state index < -0.39 is 11.8 Å². The summed E-state index contributed by atoms with van der Waals surface area (Å²) in [5.74, 6) is -0.794. The Morgan fingerprint density at radius 3 is 2.81 bits per heavy atom. The molecule has 0 spiro atoms. The Labute approximate surface area is 207 Å². The molecule has 36 heavy (non-hydrogen) atoms. The van der Waals surface area contributed by atoms with Crippen molar-refractivity contribution in [3.8, 4) is 6.07 Å². The van der Waals surface area contributed by atoms with Gasteiger partial charge in [-0.1, -0.05) is 5.57 Å². The van der Waals surface area contributed by atoms with Crippen molar-refractivity contribution >= 4 is 24.1 Å². The second kappa shape index (κ2) is 11.4. The van der Waals surface area contributed by atoms with Crippen LogP contribution in [0.3, 0.4) is 0 Å². The molecule has 1 aromatic carbocycles. The summed E-state index contributed by atoms with van der Waals surface area (Å²) in [4.78, 5) is 30.0. The van der Waals surface area contributed by atoms with E-state index in [0.29, 0.717) is 41.0 Å². The maximum atomic E-state index is 14.0. The number of carbonyl (C=O) groups excluding carboxylic acids is 2. The van der Waals surface area contributed by atoms with Gasteiger partial charge in [-0.05, 0) is 61.4 Å². The quantitative estimate of drug-likeness (QED) is 0.243. The predicted octanol–water partition coefficient (Wildman–Crippen LogP) is 2.33. The lowest BCUT2D eigenvalue weighted by molar-refractivity contribution is -0.108. The minimum Gasteiger partial charge on any atom is -0.404 e. The lowest BCUT2D eigenvalue weighted by atomic mass is 10.0. The second-order valence-corrected chi connectivity index (χ2v) is 8.00. The Bertz CT molecular complexity index is 1330. The molecule has 11 heteroatoms. The van der Waals surface area contributed by atoms with Crippen LogP contribution < -0.4 is 21.7 Å². The van der Waals surface area contributed by atoms with E-state index in [1.165, 1.54) is 29.3 Å². The summed E-state index contributed by atoms with van der Waals surface area (Å²) in [7, 11) is 0. The number of hydrogen-bond donors (Lipinski definition) is 5. The molecule has 3 rings (SSSR count). The summed E-state index contributed by atoms with van der Waals surface area (Å²) in [6.45, 7) is 4.18. The molecule has 3 amide bonds. The average Bonchev–Trinajstić information content (AvgIpc) is 2.84. The summed E-state index contributed by atoms with van der Waals surface area (Å²) in [6, 6.07) is 3.74. The lowest BCUT2D eigenvalue weighted by Crippen LogP contribution is -2.39. The van der Waals surface area contributed by atoms with E-state index >= 15 is 0 Å². The number of dihydropyridines is 1. The number of nitriles is 1. The Balaban J connectivity index is 1.97. The van der Waals surface area contributed by atoms with Gasteiger partial charge in [0.05, 0.1) is 23.5 Å². The molecule has 0 bridgehead atoms. The fourth-order valence-electron chi connectivity index (χ4n) is 3.45. The van der Waals surface area contributed by atoms with Gasteiger partial charge in [0.2, 0.25) is 12.4 Å². The number of halogens is 1. The smallest absolute Gasteiger partial charge is 0.351 e. The molecule has 0 saturated heterocycles.